The Morgan fingerprint density at radius 1 is 1.32 bits per heavy atom. The zero-order valence-corrected chi connectivity index (χ0v) is 13.5. The number of aryl methyl sites for hydroxylation is 2. The van der Waals surface area contributed by atoms with Crippen molar-refractivity contribution in [2.75, 3.05) is 24.5 Å². The first-order valence-electron chi connectivity index (χ1n) is 7.78. The number of aromatic amines is 1. The fourth-order valence-electron chi connectivity index (χ4n) is 2.35. The van der Waals surface area contributed by atoms with Crippen molar-refractivity contribution < 1.29 is 4.79 Å². The van der Waals surface area contributed by atoms with Crippen LogP contribution in [0.5, 0.6) is 0 Å². The highest BCUT2D eigenvalue weighted by Crippen LogP contribution is 2.15. The molecule has 0 atom stereocenters. The number of carbonyl (C=O) groups is 1. The van der Waals surface area contributed by atoms with Gasteiger partial charge < -0.3 is 10.2 Å². The molecule has 1 heterocycles. The Morgan fingerprint density at radius 3 is 2.77 bits per heavy atom. The Morgan fingerprint density at radius 2 is 2.14 bits per heavy atom. The molecule has 0 saturated heterocycles. The van der Waals surface area contributed by atoms with Gasteiger partial charge in [-0.25, -0.2) is 0 Å². The highest BCUT2D eigenvalue weighted by Gasteiger charge is 2.10. The molecule has 22 heavy (non-hydrogen) atoms. The molecule has 0 spiro atoms. The van der Waals surface area contributed by atoms with E-state index in [2.05, 4.69) is 58.5 Å². The van der Waals surface area contributed by atoms with Crippen molar-refractivity contribution in [1.29, 1.82) is 0 Å². The maximum absolute atomic E-state index is 12.0. The maximum Gasteiger partial charge on any atom is 0.271 e. The van der Waals surface area contributed by atoms with Crippen LogP contribution in [0.3, 0.4) is 0 Å². The van der Waals surface area contributed by atoms with Gasteiger partial charge in [0.15, 0.2) is 0 Å². The molecule has 0 aliphatic carbocycles. The van der Waals surface area contributed by atoms with Crippen LogP contribution in [0.25, 0.3) is 0 Å². The fourth-order valence-corrected chi connectivity index (χ4v) is 2.35. The second-order valence-corrected chi connectivity index (χ2v) is 5.31. The summed E-state index contributed by atoms with van der Waals surface area (Å²) in [5.41, 5.74) is 3.85. The predicted molar refractivity (Wildman–Crippen MR) is 89.4 cm³/mol. The Labute approximate surface area is 131 Å². The zero-order valence-electron chi connectivity index (χ0n) is 13.5. The summed E-state index contributed by atoms with van der Waals surface area (Å²) in [6, 6.07) is 10.2. The number of benzene rings is 1. The second kappa shape index (κ2) is 7.64. The van der Waals surface area contributed by atoms with Gasteiger partial charge in [0.05, 0.1) is 0 Å². The van der Waals surface area contributed by atoms with Crippen molar-refractivity contribution in [1.82, 2.24) is 15.5 Å². The highest BCUT2D eigenvalue weighted by atomic mass is 16.1. The Balaban J connectivity index is 1.87. The number of amides is 1. The van der Waals surface area contributed by atoms with Gasteiger partial charge in [-0.1, -0.05) is 19.1 Å². The van der Waals surface area contributed by atoms with Crippen LogP contribution in [0.15, 0.2) is 30.3 Å². The van der Waals surface area contributed by atoms with E-state index in [4.69, 9.17) is 0 Å². The summed E-state index contributed by atoms with van der Waals surface area (Å²) in [7, 11) is 0. The molecule has 2 aromatic rings. The number of rotatable bonds is 7. The topological polar surface area (TPSA) is 61.0 Å². The van der Waals surface area contributed by atoms with Crippen LogP contribution < -0.4 is 10.2 Å². The molecule has 1 aromatic carbocycles. The number of anilines is 1. The van der Waals surface area contributed by atoms with Gasteiger partial charge in [-0.2, -0.15) is 5.10 Å². The quantitative estimate of drug-likeness (QED) is 0.826. The lowest BCUT2D eigenvalue weighted by molar-refractivity contribution is 0.0949. The minimum Gasteiger partial charge on any atom is -0.370 e. The third kappa shape index (κ3) is 4.10. The average Bonchev–Trinajstić information content (AvgIpc) is 3.00. The zero-order chi connectivity index (χ0) is 15.9. The maximum atomic E-state index is 12.0. The van der Waals surface area contributed by atoms with Gasteiger partial charge in [0.1, 0.15) is 5.69 Å². The van der Waals surface area contributed by atoms with Crippen LogP contribution in [0.1, 0.15) is 35.6 Å². The number of H-pyrrole nitrogens is 1. The van der Waals surface area contributed by atoms with E-state index < -0.39 is 0 Å². The standard InChI is InChI=1S/C17H24N4O/c1-4-14-12-16(20-19-14)17(22)18-9-10-21(5-2)15-8-6-7-13(3)11-15/h6-8,11-12H,4-5,9-10H2,1-3H3,(H,18,22)(H,19,20). The molecule has 1 amide bonds. The Bertz CT molecular complexity index is 621. The molecule has 0 aliphatic heterocycles. The van der Waals surface area contributed by atoms with Crippen LogP contribution in [-0.4, -0.2) is 35.7 Å². The Kier molecular flexibility index (Phi) is 5.58. The molecule has 0 aliphatic rings. The predicted octanol–water partition coefficient (Wildman–Crippen LogP) is 2.54. The number of nitrogens with one attached hydrogen (secondary N) is 2. The number of hydrogen-bond acceptors (Lipinski definition) is 3. The lowest BCUT2D eigenvalue weighted by Crippen LogP contribution is -2.35. The number of aromatic nitrogens is 2. The summed E-state index contributed by atoms with van der Waals surface area (Å²) in [5, 5.41) is 9.80. The number of nitrogens with zero attached hydrogens (tertiary/aromatic N) is 2. The normalized spacial score (nSPS) is 10.5. The number of carbonyl (C=O) groups excluding carboxylic acids is 1. The van der Waals surface area contributed by atoms with E-state index >= 15 is 0 Å². The lowest BCUT2D eigenvalue weighted by atomic mass is 10.2. The van der Waals surface area contributed by atoms with Crippen LogP contribution in [-0.2, 0) is 6.42 Å². The van der Waals surface area contributed by atoms with Gasteiger partial charge in [-0.15, -0.1) is 0 Å². The van der Waals surface area contributed by atoms with Gasteiger partial charge in [0.25, 0.3) is 5.91 Å². The summed E-state index contributed by atoms with van der Waals surface area (Å²) in [6.07, 6.45) is 0.844. The van der Waals surface area contributed by atoms with Gasteiger partial charge in [0, 0.05) is 31.0 Å². The Hall–Kier alpha value is -2.30. The average molecular weight is 300 g/mol. The van der Waals surface area contributed by atoms with Crippen LogP contribution in [0.4, 0.5) is 5.69 Å². The molecule has 0 unspecified atom stereocenters. The van der Waals surface area contributed by atoms with Gasteiger partial charge in [-0.05, 0) is 44.0 Å². The van der Waals surface area contributed by atoms with Crippen LogP contribution >= 0.6 is 0 Å². The number of likely N-dealkylation sites (N-methyl/N-ethyl adjacent to an activating group) is 1. The monoisotopic (exact) mass is 300 g/mol. The molecular weight excluding hydrogens is 276 g/mol. The van der Waals surface area contributed by atoms with Crippen molar-refractivity contribution in [2.24, 2.45) is 0 Å². The van der Waals surface area contributed by atoms with E-state index in [1.54, 1.807) is 6.07 Å². The molecule has 0 bridgehead atoms. The fraction of sp³-hybridized carbons (Fsp3) is 0.412. The summed E-state index contributed by atoms with van der Waals surface area (Å²) < 4.78 is 0. The lowest BCUT2D eigenvalue weighted by Gasteiger charge is -2.23. The first kappa shape index (κ1) is 16.1. The van der Waals surface area contributed by atoms with E-state index in [0.29, 0.717) is 12.2 Å². The van der Waals surface area contributed by atoms with E-state index in [1.165, 1.54) is 11.3 Å². The van der Waals surface area contributed by atoms with Crippen molar-refractivity contribution in [3.63, 3.8) is 0 Å². The first-order valence-corrected chi connectivity index (χ1v) is 7.78. The highest BCUT2D eigenvalue weighted by molar-refractivity contribution is 5.92. The van der Waals surface area contributed by atoms with Crippen molar-refractivity contribution in [3.8, 4) is 0 Å². The molecule has 2 N–H and O–H groups in total. The van der Waals surface area contributed by atoms with E-state index in [1.807, 2.05) is 6.92 Å². The summed E-state index contributed by atoms with van der Waals surface area (Å²) in [6.45, 7) is 8.50. The molecule has 0 saturated carbocycles. The summed E-state index contributed by atoms with van der Waals surface area (Å²) >= 11 is 0. The molecule has 5 nitrogen and oxygen atoms in total. The van der Waals surface area contributed by atoms with E-state index in [-0.39, 0.29) is 5.91 Å². The molecule has 1 aromatic heterocycles. The smallest absolute Gasteiger partial charge is 0.271 e. The van der Waals surface area contributed by atoms with Gasteiger partial charge in [0.2, 0.25) is 0 Å². The minimum absolute atomic E-state index is 0.128. The summed E-state index contributed by atoms with van der Waals surface area (Å²) in [5.74, 6) is -0.128. The molecular formula is C17H24N4O. The minimum atomic E-state index is -0.128. The van der Waals surface area contributed by atoms with Gasteiger partial charge >= 0.3 is 0 Å². The third-order valence-electron chi connectivity index (χ3n) is 3.66. The van der Waals surface area contributed by atoms with Gasteiger partial charge in [-0.3, -0.25) is 9.89 Å². The van der Waals surface area contributed by atoms with Crippen LogP contribution in [0.2, 0.25) is 0 Å². The summed E-state index contributed by atoms with van der Waals surface area (Å²) in [4.78, 5) is 14.3. The molecule has 0 radical (unpaired) electrons. The van der Waals surface area contributed by atoms with Crippen molar-refractivity contribution in [3.05, 3.63) is 47.3 Å². The SMILES string of the molecule is CCc1cc(C(=O)NCCN(CC)c2cccc(C)c2)n[nH]1. The molecule has 118 valence electrons. The first-order chi connectivity index (χ1) is 10.6. The third-order valence-corrected chi connectivity index (χ3v) is 3.66. The van der Waals surface area contributed by atoms with E-state index in [9.17, 15) is 4.79 Å². The molecule has 0 fully saturated rings. The largest absolute Gasteiger partial charge is 0.370 e. The second-order valence-electron chi connectivity index (χ2n) is 5.31. The van der Waals surface area contributed by atoms with Crippen molar-refractivity contribution in [2.45, 2.75) is 27.2 Å². The van der Waals surface area contributed by atoms with E-state index in [0.717, 1.165) is 25.2 Å². The van der Waals surface area contributed by atoms with Crippen molar-refractivity contribution >= 4 is 11.6 Å². The molecule has 5 heteroatoms. The van der Waals surface area contributed by atoms with Crippen LogP contribution in [0, 0.1) is 6.92 Å². The molecule has 2 rings (SSSR count). The number of hydrogen-bond donors (Lipinski definition) is 2.